The molecular weight excluding hydrogens is 357 g/mol. The molecule has 0 atom stereocenters. The SMILES string of the molecule is CCC(=CF)COc1ccc2c(c1)CCN(c1ccc3ccnnc3c1)C2=O. The van der Waals surface area contributed by atoms with Gasteiger partial charge in [0.15, 0.2) is 0 Å². The highest BCUT2D eigenvalue weighted by Crippen LogP contribution is 2.29. The molecule has 4 rings (SSSR count). The van der Waals surface area contributed by atoms with Gasteiger partial charge in [0.05, 0.1) is 18.0 Å². The van der Waals surface area contributed by atoms with E-state index in [2.05, 4.69) is 10.2 Å². The zero-order valence-corrected chi connectivity index (χ0v) is 15.6. The highest BCUT2D eigenvalue weighted by atomic mass is 19.1. The van der Waals surface area contributed by atoms with E-state index in [1.165, 1.54) is 0 Å². The Hall–Kier alpha value is -3.28. The zero-order valence-electron chi connectivity index (χ0n) is 15.6. The number of nitrogens with zero attached hydrogens (tertiary/aromatic N) is 3. The predicted octanol–water partition coefficient (Wildman–Crippen LogP) is 4.47. The Balaban J connectivity index is 1.56. The maximum atomic E-state index is 13.0. The lowest BCUT2D eigenvalue weighted by molar-refractivity contribution is 0.0980. The fourth-order valence-electron chi connectivity index (χ4n) is 3.32. The Morgan fingerprint density at radius 1 is 1.25 bits per heavy atom. The second-order valence-electron chi connectivity index (χ2n) is 6.71. The van der Waals surface area contributed by atoms with Crippen LogP contribution in [0.5, 0.6) is 5.75 Å². The van der Waals surface area contributed by atoms with Crippen molar-refractivity contribution in [1.29, 1.82) is 0 Å². The van der Waals surface area contributed by atoms with Crippen LogP contribution in [0.1, 0.15) is 29.3 Å². The quantitative estimate of drug-likeness (QED) is 0.658. The van der Waals surface area contributed by atoms with Crippen molar-refractivity contribution in [3.8, 4) is 5.75 Å². The summed E-state index contributed by atoms with van der Waals surface area (Å²) in [6.07, 6.45) is 3.56. The van der Waals surface area contributed by atoms with Crippen LogP contribution in [-0.4, -0.2) is 29.3 Å². The average molecular weight is 377 g/mol. The van der Waals surface area contributed by atoms with E-state index >= 15 is 0 Å². The first-order valence-corrected chi connectivity index (χ1v) is 9.26. The fourth-order valence-corrected chi connectivity index (χ4v) is 3.32. The van der Waals surface area contributed by atoms with Gasteiger partial charge in [-0.2, -0.15) is 10.2 Å². The molecule has 0 radical (unpaired) electrons. The number of anilines is 1. The van der Waals surface area contributed by atoms with E-state index in [0.717, 1.165) is 28.6 Å². The highest BCUT2D eigenvalue weighted by Gasteiger charge is 2.26. The zero-order chi connectivity index (χ0) is 19.5. The first-order chi connectivity index (χ1) is 13.7. The van der Waals surface area contributed by atoms with Crippen LogP contribution in [0.3, 0.4) is 0 Å². The minimum absolute atomic E-state index is 0.0473. The molecule has 142 valence electrons. The van der Waals surface area contributed by atoms with Gasteiger partial charge in [-0.3, -0.25) is 4.79 Å². The summed E-state index contributed by atoms with van der Waals surface area (Å²) in [5.41, 5.74) is 3.77. The van der Waals surface area contributed by atoms with E-state index < -0.39 is 0 Å². The Morgan fingerprint density at radius 2 is 2.14 bits per heavy atom. The van der Waals surface area contributed by atoms with E-state index in [0.29, 0.717) is 36.2 Å². The van der Waals surface area contributed by atoms with Crippen LogP contribution in [0, 0.1) is 0 Å². The monoisotopic (exact) mass is 377 g/mol. The van der Waals surface area contributed by atoms with Crippen molar-refractivity contribution < 1.29 is 13.9 Å². The first kappa shape index (κ1) is 18.1. The van der Waals surface area contributed by atoms with E-state index in [1.54, 1.807) is 23.2 Å². The van der Waals surface area contributed by atoms with Crippen LogP contribution >= 0.6 is 0 Å². The van der Waals surface area contributed by atoms with Crippen molar-refractivity contribution in [2.45, 2.75) is 19.8 Å². The van der Waals surface area contributed by atoms with E-state index in [1.807, 2.05) is 37.3 Å². The van der Waals surface area contributed by atoms with E-state index in [4.69, 9.17) is 4.74 Å². The number of rotatable bonds is 5. The third kappa shape index (κ3) is 3.45. The number of fused-ring (bicyclic) bond motifs is 2. The number of aromatic nitrogens is 2. The maximum absolute atomic E-state index is 13.0. The molecule has 2 heterocycles. The van der Waals surface area contributed by atoms with Crippen LogP contribution in [0.2, 0.25) is 0 Å². The van der Waals surface area contributed by atoms with Crippen molar-refractivity contribution in [1.82, 2.24) is 10.2 Å². The van der Waals surface area contributed by atoms with E-state index in [-0.39, 0.29) is 12.5 Å². The number of halogens is 1. The molecule has 1 aromatic heterocycles. The Bertz CT molecular complexity index is 1060. The molecule has 0 unspecified atom stereocenters. The molecule has 1 aliphatic rings. The molecule has 0 saturated carbocycles. The minimum Gasteiger partial charge on any atom is -0.489 e. The molecule has 0 bridgehead atoms. The molecule has 5 nitrogen and oxygen atoms in total. The number of amides is 1. The van der Waals surface area contributed by atoms with Crippen LogP contribution < -0.4 is 9.64 Å². The van der Waals surface area contributed by atoms with Gasteiger partial charge < -0.3 is 9.64 Å². The summed E-state index contributed by atoms with van der Waals surface area (Å²) in [7, 11) is 0. The van der Waals surface area contributed by atoms with Crippen LogP contribution in [0.15, 0.2) is 60.6 Å². The van der Waals surface area contributed by atoms with E-state index in [9.17, 15) is 9.18 Å². The number of carbonyl (C=O) groups is 1. The normalized spacial score (nSPS) is 14.3. The summed E-state index contributed by atoms with van der Waals surface area (Å²) < 4.78 is 18.3. The summed E-state index contributed by atoms with van der Waals surface area (Å²) in [6.45, 7) is 2.67. The Labute approximate surface area is 162 Å². The highest BCUT2D eigenvalue weighted by molar-refractivity contribution is 6.08. The lowest BCUT2D eigenvalue weighted by Crippen LogP contribution is -2.37. The third-order valence-electron chi connectivity index (χ3n) is 5.00. The van der Waals surface area contributed by atoms with Crippen molar-refractivity contribution in [3.05, 3.63) is 71.7 Å². The molecule has 0 aliphatic carbocycles. The van der Waals surface area contributed by atoms with Crippen LogP contribution in [-0.2, 0) is 6.42 Å². The summed E-state index contributed by atoms with van der Waals surface area (Å²) in [5, 5.41) is 9.03. The van der Waals surface area contributed by atoms with Gasteiger partial charge in [-0.25, -0.2) is 4.39 Å². The average Bonchev–Trinajstić information content (AvgIpc) is 2.74. The number of hydrogen-bond donors (Lipinski definition) is 0. The molecule has 0 spiro atoms. The first-order valence-electron chi connectivity index (χ1n) is 9.26. The molecular formula is C22H20FN3O2. The third-order valence-corrected chi connectivity index (χ3v) is 5.00. The molecule has 3 aromatic rings. The van der Waals surface area contributed by atoms with Gasteiger partial charge in [-0.15, -0.1) is 0 Å². The van der Waals surface area contributed by atoms with Crippen molar-refractivity contribution in [2.24, 2.45) is 0 Å². The van der Waals surface area contributed by atoms with Gasteiger partial charge in [-0.1, -0.05) is 13.0 Å². The maximum Gasteiger partial charge on any atom is 0.258 e. The van der Waals surface area contributed by atoms with Crippen LogP contribution in [0.25, 0.3) is 10.9 Å². The second kappa shape index (κ2) is 7.76. The Kier molecular flexibility index (Phi) is 5.02. The number of benzene rings is 2. The topological polar surface area (TPSA) is 55.3 Å². The standard InChI is InChI=1S/C22H20FN3O2/c1-2-15(13-23)14-28-19-5-6-20-17(11-19)8-10-26(22(20)27)18-4-3-16-7-9-24-25-21(16)12-18/h3-7,9,11-13H,2,8,10,14H2,1H3. The summed E-state index contributed by atoms with van der Waals surface area (Å²) in [5.74, 6) is 0.600. The molecule has 1 amide bonds. The van der Waals surface area contributed by atoms with Crippen molar-refractivity contribution >= 4 is 22.5 Å². The summed E-state index contributed by atoms with van der Waals surface area (Å²) >= 11 is 0. The van der Waals surface area contributed by atoms with Crippen molar-refractivity contribution in [2.75, 3.05) is 18.1 Å². The largest absolute Gasteiger partial charge is 0.489 e. The fraction of sp³-hybridized carbons (Fsp3) is 0.227. The lowest BCUT2D eigenvalue weighted by Gasteiger charge is -2.29. The second-order valence-corrected chi connectivity index (χ2v) is 6.71. The summed E-state index contributed by atoms with van der Waals surface area (Å²) in [4.78, 5) is 14.8. The lowest BCUT2D eigenvalue weighted by atomic mass is 9.98. The molecule has 0 fully saturated rings. The molecule has 0 saturated heterocycles. The molecule has 2 aromatic carbocycles. The van der Waals surface area contributed by atoms with Gasteiger partial charge >= 0.3 is 0 Å². The molecule has 28 heavy (non-hydrogen) atoms. The van der Waals surface area contributed by atoms with Gasteiger partial charge in [-0.05, 0) is 60.4 Å². The number of carbonyl (C=O) groups excluding carboxylic acids is 1. The molecule has 6 heteroatoms. The predicted molar refractivity (Wildman–Crippen MR) is 106 cm³/mol. The van der Waals surface area contributed by atoms with Gasteiger partial charge in [0.2, 0.25) is 0 Å². The van der Waals surface area contributed by atoms with Gasteiger partial charge in [0, 0.05) is 23.2 Å². The van der Waals surface area contributed by atoms with Gasteiger partial charge in [0.25, 0.3) is 5.91 Å². The molecule has 0 N–H and O–H groups in total. The number of ether oxygens (including phenoxy) is 1. The summed E-state index contributed by atoms with van der Waals surface area (Å²) in [6, 6.07) is 13.1. The molecule has 1 aliphatic heterocycles. The van der Waals surface area contributed by atoms with Gasteiger partial charge in [0.1, 0.15) is 12.4 Å². The van der Waals surface area contributed by atoms with Crippen molar-refractivity contribution in [3.63, 3.8) is 0 Å². The number of hydrogen-bond acceptors (Lipinski definition) is 4. The minimum atomic E-state index is -0.0473. The van der Waals surface area contributed by atoms with Crippen LogP contribution in [0.4, 0.5) is 10.1 Å². The Morgan fingerprint density at radius 3 is 2.96 bits per heavy atom. The smallest absolute Gasteiger partial charge is 0.258 e.